The molecule has 5 nitrogen and oxygen atoms in total. The van der Waals surface area contributed by atoms with Crippen LogP contribution in [0.5, 0.6) is 5.75 Å². The first-order chi connectivity index (χ1) is 8.35. The third-order valence-corrected chi connectivity index (χ3v) is 2.73. The molecule has 0 N–H and O–H groups in total. The topological polar surface area (TPSA) is 49.9 Å². The molecule has 0 atom stereocenters. The highest BCUT2D eigenvalue weighted by molar-refractivity contribution is 5.65. The van der Waals surface area contributed by atoms with E-state index < -0.39 is 0 Å². The van der Waals surface area contributed by atoms with E-state index in [0.717, 1.165) is 32.0 Å². The van der Waals surface area contributed by atoms with Gasteiger partial charge in [0.15, 0.2) is 4.98 Å². The van der Waals surface area contributed by atoms with E-state index in [1.807, 2.05) is 19.1 Å². The predicted octanol–water partition coefficient (Wildman–Crippen LogP) is 2.41. The molecular weight excluding hydrogens is 218 g/mol. The van der Waals surface area contributed by atoms with Crippen LogP contribution >= 0.6 is 0 Å². The zero-order chi connectivity index (χ0) is 12.1. The first-order valence-corrected chi connectivity index (χ1v) is 5.79. The van der Waals surface area contributed by atoms with Crippen LogP contribution in [0.4, 0.5) is 11.4 Å². The van der Waals surface area contributed by atoms with Gasteiger partial charge >= 0.3 is 5.69 Å². The fourth-order valence-corrected chi connectivity index (χ4v) is 1.87. The second kappa shape index (κ2) is 5.51. The van der Waals surface area contributed by atoms with Gasteiger partial charge in [-0.15, -0.1) is 0 Å². The number of ether oxygens (including phenoxy) is 2. The lowest BCUT2D eigenvalue weighted by Gasteiger charge is -2.28. The lowest BCUT2D eigenvalue weighted by atomic mass is 10.2. The average molecular weight is 234 g/mol. The number of nitrogens with zero attached hydrogens (tertiary/aromatic N) is 3. The summed E-state index contributed by atoms with van der Waals surface area (Å²) < 4.78 is 10.8. The van der Waals surface area contributed by atoms with E-state index in [1.165, 1.54) is 0 Å². The first kappa shape index (κ1) is 11.7. The fraction of sp³-hybridized carbons (Fsp3) is 0.500. The molecule has 1 saturated heterocycles. The maximum atomic E-state index is 8.86. The maximum Gasteiger partial charge on any atom is 0.426 e. The summed E-state index contributed by atoms with van der Waals surface area (Å²) in [6, 6.07) is 5.60. The van der Waals surface area contributed by atoms with Gasteiger partial charge in [0.25, 0.3) is 0 Å². The zero-order valence-electron chi connectivity index (χ0n) is 9.93. The summed E-state index contributed by atoms with van der Waals surface area (Å²) in [4.78, 5) is 5.44. The molecule has 0 saturated carbocycles. The molecule has 0 aromatic heterocycles. The van der Waals surface area contributed by atoms with Gasteiger partial charge in [0.1, 0.15) is 0 Å². The minimum absolute atomic E-state index is 0.462. The number of hydrogen-bond donors (Lipinski definition) is 0. The van der Waals surface area contributed by atoms with Gasteiger partial charge in [-0.25, -0.2) is 0 Å². The Morgan fingerprint density at radius 2 is 2.18 bits per heavy atom. The molecule has 1 fully saturated rings. The minimum Gasteiger partial charge on any atom is -0.486 e. The number of rotatable bonds is 3. The molecule has 1 aromatic carbocycles. The minimum atomic E-state index is 0.462. The molecule has 1 aromatic rings. The molecule has 0 radical (unpaired) electrons. The van der Waals surface area contributed by atoms with Gasteiger partial charge in [0, 0.05) is 30.9 Å². The Morgan fingerprint density at radius 1 is 1.41 bits per heavy atom. The summed E-state index contributed by atoms with van der Waals surface area (Å²) >= 11 is 0. The van der Waals surface area contributed by atoms with Crippen LogP contribution in [0.3, 0.4) is 0 Å². The van der Waals surface area contributed by atoms with Crippen molar-refractivity contribution in [2.24, 2.45) is 0 Å². The Labute approximate surface area is 101 Å². The van der Waals surface area contributed by atoms with Crippen molar-refractivity contribution in [2.75, 3.05) is 37.8 Å². The predicted molar refractivity (Wildman–Crippen MR) is 65.4 cm³/mol. The van der Waals surface area contributed by atoms with Gasteiger partial charge in [-0.2, -0.15) is 0 Å². The Hall–Kier alpha value is -1.80. The van der Waals surface area contributed by atoms with Gasteiger partial charge in [-0.1, -0.05) is 0 Å². The third-order valence-electron chi connectivity index (χ3n) is 2.73. The second-order valence-electron chi connectivity index (χ2n) is 3.78. The van der Waals surface area contributed by atoms with Crippen LogP contribution in [0.1, 0.15) is 6.92 Å². The molecule has 0 aliphatic carbocycles. The summed E-state index contributed by atoms with van der Waals surface area (Å²) in [5, 5.41) is 8.86. The van der Waals surface area contributed by atoms with E-state index in [1.54, 1.807) is 6.07 Å². The zero-order valence-corrected chi connectivity index (χ0v) is 9.93. The van der Waals surface area contributed by atoms with E-state index >= 15 is 0 Å². The van der Waals surface area contributed by atoms with Crippen molar-refractivity contribution in [2.45, 2.75) is 6.92 Å². The number of hydrogen-bond acceptors (Lipinski definition) is 4. The molecule has 2 rings (SSSR count). The largest absolute Gasteiger partial charge is 0.486 e. The number of morpholine rings is 1. The normalized spacial score (nSPS) is 15.4. The molecular formula is C12H16N3O2+. The van der Waals surface area contributed by atoms with E-state index in [9.17, 15) is 0 Å². The van der Waals surface area contributed by atoms with Gasteiger partial charge in [-0.3, -0.25) is 0 Å². The van der Waals surface area contributed by atoms with Crippen molar-refractivity contribution in [1.29, 1.82) is 5.39 Å². The summed E-state index contributed by atoms with van der Waals surface area (Å²) in [6.45, 7) is 5.70. The summed E-state index contributed by atoms with van der Waals surface area (Å²) in [6.07, 6.45) is 0. The monoisotopic (exact) mass is 234 g/mol. The Bertz CT molecular complexity index is 422. The average Bonchev–Trinajstić information content (AvgIpc) is 2.40. The van der Waals surface area contributed by atoms with Crippen LogP contribution in [-0.2, 0) is 4.74 Å². The van der Waals surface area contributed by atoms with Crippen LogP contribution in [0, 0.1) is 5.39 Å². The molecule has 0 bridgehead atoms. The van der Waals surface area contributed by atoms with Crippen LogP contribution in [0.2, 0.25) is 0 Å². The first-order valence-electron chi connectivity index (χ1n) is 5.79. The van der Waals surface area contributed by atoms with E-state index in [0.29, 0.717) is 18.0 Å². The van der Waals surface area contributed by atoms with Crippen molar-refractivity contribution in [3.05, 3.63) is 23.2 Å². The van der Waals surface area contributed by atoms with Gasteiger partial charge in [0.05, 0.1) is 19.8 Å². The van der Waals surface area contributed by atoms with Crippen molar-refractivity contribution in [3.8, 4) is 5.75 Å². The molecule has 1 heterocycles. The van der Waals surface area contributed by atoms with Crippen LogP contribution < -0.4 is 9.64 Å². The molecule has 0 spiro atoms. The van der Waals surface area contributed by atoms with Crippen molar-refractivity contribution < 1.29 is 9.47 Å². The number of benzene rings is 1. The highest BCUT2D eigenvalue weighted by Crippen LogP contribution is 2.32. The standard InChI is InChI=1S/C12H16N3O2/c1-2-17-12-9-10(3-4-11(12)14-13)15-5-7-16-8-6-15/h3-4,9H,2,5-8H2,1H3/q+1. The molecule has 1 aliphatic heterocycles. The van der Waals surface area contributed by atoms with Crippen molar-refractivity contribution >= 4 is 11.4 Å². The molecule has 0 amide bonds. The van der Waals surface area contributed by atoms with Gasteiger partial charge < -0.3 is 14.4 Å². The number of diazo groups is 1. The highest BCUT2D eigenvalue weighted by atomic mass is 16.5. The van der Waals surface area contributed by atoms with Crippen LogP contribution in [0.25, 0.3) is 4.98 Å². The molecule has 90 valence electrons. The van der Waals surface area contributed by atoms with E-state index in [2.05, 4.69) is 9.88 Å². The molecule has 5 heteroatoms. The van der Waals surface area contributed by atoms with Gasteiger partial charge in [-0.05, 0) is 13.0 Å². The highest BCUT2D eigenvalue weighted by Gasteiger charge is 2.18. The number of anilines is 1. The molecule has 0 unspecified atom stereocenters. The quantitative estimate of drug-likeness (QED) is 0.753. The Balaban J connectivity index is 2.23. The SMILES string of the molecule is CCOc1cc(N2CCOCC2)ccc1[N+]#N. The molecule has 1 aliphatic rings. The summed E-state index contributed by atoms with van der Waals surface area (Å²) in [5.41, 5.74) is 1.54. The van der Waals surface area contributed by atoms with E-state index in [4.69, 9.17) is 14.9 Å². The summed E-state index contributed by atoms with van der Waals surface area (Å²) in [7, 11) is 0. The fourth-order valence-electron chi connectivity index (χ4n) is 1.87. The maximum absolute atomic E-state index is 8.86. The smallest absolute Gasteiger partial charge is 0.426 e. The lowest BCUT2D eigenvalue weighted by Crippen LogP contribution is -2.36. The molecule has 17 heavy (non-hydrogen) atoms. The Morgan fingerprint density at radius 3 is 2.82 bits per heavy atom. The summed E-state index contributed by atoms with van der Waals surface area (Å²) in [5.74, 6) is 0.610. The van der Waals surface area contributed by atoms with Gasteiger partial charge in [0.2, 0.25) is 11.1 Å². The second-order valence-corrected chi connectivity index (χ2v) is 3.78. The van der Waals surface area contributed by atoms with Crippen LogP contribution in [-0.4, -0.2) is 32.9 Å². The lowest BCUT2D eigenvalue weighted by molar-refractivity contribution is 0.122. The van der Waals surface area contributed by atoms with Crippen LogP contribution in [0.15, 0.2) is 18.2 Å². The van der Waals surface area contributed by atoms with E-state index in [-0.39, 0.29) is 0 Å². The Kier molecular flexibility index (Phi) is 3.78. The van der Waals surface area contributed by atoms with Crippen molar-refractivity contribution in [1.82, 2.24) is 0 Å². The van der Waals surface area contributed by atoms with Crippen molar-refractivity contribution in [3.63, 3.8) is 0 Å². The third kappa shape index (κ3) is 2.66.